The highest BCUT2D eigenvalue weighted by Gasteiger charge is 2.47. The van der Waals surface area contributed by atoms with E-state index in [1.54, 1.807) is 34.9 Å². The van der Waals surface area contributed by atoms with Crippen LogP contribution in [0.5, 0.6) is 0 Å². The Morgan fingerprint density at radius 3 is 3.00 bits per heavy atom. The van der Waals surface area contributed by atoms with Gasteiger partial charge in [-0.05, 0) is 37.9 Å². The molecule has 1 N–H and O–H groups in total. The fourth-order valence-corrected chi connectivity index (χ4v) is 5.81. The van der Waals surface area contributed by atoms with Gasteiger partial charge >= 0.3 is 0 Å². The number of pyridine rings is 1. The van der Waals surface area contributed by atoms with Crippen LogP contribution in [0, 0.1) is 5.92 Å². The molecule has 0 saturated carbocycles. The third-order valence-corrected chi connectivity index (χ3v) is 7.03. The molecule has 1 aromatic heterocycles. The van der Waals surface area contributed by atoms with Gasteiger partial charge in [-0.15, -0.1) is 0 Å². The van der Waals surface area contributed by atoms with Crippen LogP contribution < -0.4 is 5.32 Å². The Morgan fingerprint density at radius 1 is 1.32 bits per heavy atom. The molecule has 116 valence electrons. The minimum absolute atomic E-state index is 0.00501. The molecule has 1 aromatic carbocycles. The molecule has 3 atom stereocenters. The topological polar surface area (TPSA) is 62.3 Å². The van der Waals surface area contributed by atoms with Crippen molar-refractivity contribution in [3.8, 4) is 0 Å². The fraction of sp³-hybridized carbons (Fsp3) is 0.438. The minimum atomic E-state index is -3.49. The van der Waals surface area contributed by atoms with Gasteiger partial charge < -0.3 is 5.32 Å². The van der Waals surface area contributed by atoms with Crippen molar-refractivity contribution in [3.63, 3.8) is 0 Å². The van der Waals surface area contributed by atoms with Gasteiger partial charge in [0.25, 0.3) is 0 Å². The van der Waals surface area contributed by atoms with Crippen molar-refractivity contribution in [2.75, 3.05) is 13.1 Å². The van der Waals surface area contributed by atoms with Crippen LogP contribution in [0.4, 0.5) is 0 Å². The lowest BCUT2D eigenvalue weighted by Gasteiger charge is -2.24. The summed E-state index contributed by atoms with van der Waals surface area (Å²) in [7, 11) is -3.49. The molecule has 2 aliphatic heterocycles. The van der Waals surface area contributed by atoms with Gasteiger partial charge in [-0.2, -0.15) is 4.31 Å². The molecular weight excluding hydrogens is 298 g/mol. The largest absolute Gasteiger partial charge is 0.312 e. The van der Waals surface area contributed by atoms with Crippen molar-refractivity contribution < 1.29 is 8.42 Å². The molecule has 6 heteroatoms. The van der Waals surface area contributed by atoms with Crippen LogP contribution in [-0.4, -0.2) is 42.9 Å². The predicted octanol–water partition coefficient (Wildman–Crippen LogP) is 1.61. The van der Waals surface area contributed by atoms with Crippen LogP contribution in [0.1, 0.15) is 13.3 Å². The third kappa shape index (κ3) is 1.98. The number of benzene rings is 1. The summed E-state index contributed by atoms with van der Waals surface area (Å²) in [5.41, 5.74) is 0. The lowest BCUT2D eigenvalue weighted by Crippen LogP contribution is -2.42. The molecule has 3 heterocycles. The summed E-state index contributed by atoms with van der Waals surface area (Å²) < 4.78 is 28.0. The van der Waals surface area contributed by atoms with Gasteiger partial charge in [0, 0.05) is 41.8 Å². The minimum Gasteiger partial charge on any atom is -0.312 e. The summed E-state index contributed by atoms with van der Waals surface area (Å²) in [5, 5.41) is 5.04. The van der Waals surface area contributed by atoms with E-state index in [-0.39, 0.29) is 12.1 Å². The number of hydrogen-bond acceptors (Lipinski definition) is 4. The average Bonchev–Trinajstić information content (AvgIpc) is 3.10. The first kappa shape index (κ1) is 14.1. The van der Waals surface area contributed by atoms with Crippen LogP contribution in [0.3, 0.4) is 0 Å². The quantitative estimate of drug-likeness (QED) is 0.914. The molecule has 4 rings (SSSR count). The highest BCUT2D eigenvalue weighted by Crippen LogP contribution is 2.35. The molecule has 0 amide bonds. The fourth-order valence-electron chi connectivity index (χ4n) is 3.89. The average molecular weight is 317 g/mol. The number of fused-ring (bicyclic) bond motifs is 2. The maximum atomic E-state index is 13.2. The molecule has 5 nitrogen and oxygen atoms in total. The molecule has 2 aliphatic rings. The molecule has 2 saturated heterocycles. The van der Waals surface area contributed by atoms with Gasteiger partial charge in [-0.25, -0.2) is 8.42 Å². The van der Waals surface area contributed by atoms with Gasteiger partial charge in [0.1, 0.15) is 0 Å². The zero-order valence-corrected chi connectivity index (χ0v) is 13.3. The number of sulfonamides is 1. The van der Waals surface area contributed by atoms with Crippen molar-refractivity contribution in [1.29, 1.82) is 0 Å². The molecule has 0 spiro atoms. The van der Waals surface area contributed by atoms with E-state index in [9.17, 15) is 8.42 Å². The Hall–Kier alpha value is -1.50. The van der Waals surface area contributed by atoms with E-state index in [4.69, 9.17) is 0 Å². The van der Waals surface area contributed by atoms with Gasteiger partial charge in [-0.1, -0.05) is 12.1 Å². The standard InChI is InChI=1S/C16H19N3O2S/c1-11-16-13(5-8-18-16)10-19(11)22(20,21)15-4-2-3-12-9-17-7-6-14(12)15/h2-4,6-7,9,11,13,16,18H,5,8,10H2,1H3. The van der Waals surface area contributed by atoms with E-state index in [1.165, 1.54) is 0 Å². The lowest BCUT2D eigenvalue weighted by molar-refractivity contribution is 0.373. The van der Waals surface area contributed by atoms with E-state index in [0.29, 0.717) is 17.4 Å². The summed E-state index contributed by atoms with van der Waals surface area (Å²) in [6.45, 7) is 3.61. The number of nitrogens with zero attached hydrogens (tertiary/aromatic N) is 2. The van der Waals surface area contributed by atoms with E-state index >= 15 is 0 Å². The van der Waals surface area contributed by atoms with Crippen LogP contribution in [0.15, 0.2) is 41.6 Å². The smallest absolute Gasteiger partial charge is 0.243 e. The van der Waals surface area contributed by atoms with Crippen molar-refractivity contribution in [2.45, 2.75) is 30.3 Å². The maximum absolute atomic E-state index is 13.2. The first-order valence-electron chi connectivity index (χ1n) is 7.67. The summed E-state index contributed by atoms with van der Waals surface area (Å²) in [6, 6.07) is 7.44. The molecule has 0 radical (unpaired) electrons. The van der Waals surface area contributed by atoms with Crippen molar-refractivity contribution in [3.05, 3.63) is 36.7 Å². The molecule has 0 aliphatic carbocycles. The van der Waals surface area contributed by atoms with Crippen molar-refractivity contribution in [1.82, 2.24) is 14.6 Å². The van der Waals surface area contributed by atoms with E-state index in [1.807, 2.05) is 13.0 Å². The Morgan fingerprint density at radius 2 is 2.18 bits per heavy atom. The van der Waals surface area contributed by atoms with E-state index in [2.05, 4.69) is 10.3 Å². The normalized spacial score (nSPS) is 29.0. The monoisotopic (exact) mass is 317 g/mol. The Labute approximate surface area is 130 Å². The van der Waals surface area contributed by atoms with Crippen molar-refractivity contribution in [2.24, 2.45) is 5.92 Å². The number of rotatable bonds is 2. The Bertz CT molecular complexity index is 816. The van der Waals surface area contributed by atoms with Gasteiger partial charge in [-0.3, -0.25) is 4.98 Å². The molecule has 3 unspecified atom stereocenters. The van der Waals surface area contributed by atoms with E-state index in [0.717, 1.165) is 23.7 Å². The zero-order chi connectivity index (χ0) is 15.3. The van der Waals surface area contributed by atoms with Crippen LogP contribution in [0.25, 0.3) is 10.8 Å². The predicted molar refractivity (Wildman–Crippen MR) is 85.0 cm³/mol. The first-order valence-corrected chi connectivity index (χ1v) is 9.11. The second kappa shape index (κ2) is 5.01. The molecule has 2 fully saturated rings. The Balaban J connectivity index is 1.80. The molecule has 0 bridgehead atoms. The highest BCUT2D eigenvalue weighted by atomic mass is 32.2. The number of nitrogens with one attached hydrogen (secondary N) is 1. The number of hydrogen-bond donors (Lipinski definition) is 1. The molecule has 2 aromatic rings. The van der Waals surface area contributed by atoms with Crippen molar-refractivity contribution >= 4 is 20.8 Å². The number of aromatic nitrogens is 1. The van der Waals surface area contributed by atoms with Gasteiger partial charge in [0.15, 0.2) is 0 Å². The summed E-state index contributed by atoms with van der Waals surface area (Å²) in [6.07, 6.45) is 4.41. The van der Waals surface area contributed by atoms with Gasteiger partial charge in [0.05, 0.1) is 4.90 Å². The second-order valence-corrected chi connectivity index (χ2v) is 8.06. The highest BCUT2D eigenvalue weighted by molar-refractivity contribution is 7.89. The summed E-state index contributed by atoms with van der Waals surface area (Å²) in [4.78, 5) is 4.46. The SMILES string of the molecule is CC1C2NCCC2CN1S(=O)(=O)c1cccc2cnccc12. The molecule has 22 heavy (non-hydrogen) atoms. The summed E-state index contributed by atoms with van der Waals surface area (Å²) >= 11 is 0. The van der Waals surface area contributed by atoms with Crippen LogP contribution in [-0.2, 0) is 10.0 Å². The Kier molecular flexibility index (Phi) is 3.21. The maximum Gasteiger partial charge on any atom is 0.243 e. The van der Waals surface area contributed by atoms with Crippen LogP contribution in [0.2, 0.25) is 0 Å². The lowest BCUT2D eigenvalue weighted by atomic mass is 10.0. The van der Waals surface area contributed by atoms with Crippen LogP contribution >= 0.6 is 0 Å². The second-order valence-electron chi connectivity index (χ2n) is 6.20. The summed E-state index contributed by atoms with van der Waals surface area (Å²) in [5.74, 6) is 0.432. The molecular formula is C16H19N3O2S. The zero-order valence-electron chi connectivity index (χ0n) is 12.4. The van der Waals surface area contributed by atoms with Gasteiger partial charge in [0.2, 0.25) is 10.0 Å². The third-order valence-electron chi connectivity index (χ3n) is 5.02. The van der Waals surface area contributed by atoms with E-state index < -0.39 is 10.0 Å². The first-order chi connectivity index (χ1) is 10.6.